The smallest absolute Gasteiger partial charge is 0.315 e. The molecule has 0 radical (unpaired) electrons. The van der Waals surface area contributed by atoms with Crippen molar-refractivity contribution in [3.63, 3.8) is 0 Å². The molecule has 0 aliphatic heterocycles. The van der Waals surface area contributed by atoms with Crippen molar-refractivity contribution >= 4 is 29.4 Å². The monoisotopic (exact) mass is 316 g/mol. The second-order valence-corrected chi connectivity index (χ2v) is 6.25. The number of rotatable bonds is 6. The van der Waals surface area contributed by atoms with E-state index in [1.807, 2.05) is 13.2 Å². The molecule has 0 unspecified atom stereocenters. The van der Waals surface area contributed by atoms with Gasteiger partial charge in [0.15, 0.2) is 0 Å². The minimum Gasteiger partial charge on any atom is -0.384 e. The lowest BCUT2D eigenvalue weighted by molar-refractivity contribution is 0.0594. The number of thioether (sulfide) groups is 1. The largest absolute Gasteiger partial charge is 0.384 e. The average molecular weight is 317 g/mol. The Balaban J connectivity index is 2.55. The van der Waals surface area contributed by atoms with E-state index in [0.717, 1.165) is 5.75 Å². The average Bonchev–Trinajstić information content (AvgIpc) is 2.37. The molecule has 0 aliphatic carbocycles. The van der Waals surface area contributed by atoms with Crippen molar-refractivity contribution in [1.29, 1.82) is 0 Å². The zero-order valence-electron chi connectivity index (χ0n) is 11.9. The molecule has 0 fully saturated rings. The van der Waals surface area contributed by atoms with E-state index in [2.05, 4.69) is 10.6 Å². The number of nitrogens with one attached hydrogen (secondary N) is 2. The summed E-state index contributed by atoms with van der Waals surface area (Å²) in [6.45, 7) is 3.65. The Labute approximate surface area is 129 Å². The molecule has 1 rings (SSSR count). The van der Waals surface area contributed by atoms with E-state index in [4.69, 9.17) is 11.6 Å². The fourth-order valence-electron chi connectivity index (χ4n) is 1.81. The summed E-state index contributed by atoms with van der Waals surface area (Å²) in [7, 11) is 0. The fraction of sp³-hybridized carbons (Fsp3) is 0.500. The molecule has 1 aromatic rings. The second kappa shape index (κ2) is 7.76. The van der Waals surface area contributed by atoms with Gasteiger partial charge in [0, 0.05) is 22.4 Å². The van der Waals surface area contributed by atoms with Crippen molar-refractivity contribution in [1.82, 2.24) is 10.6 Å². The second-order valence-electron chi connectivity index (χ2n) is 4.94. The predicted molar refractivity (Wildman–Crippen MR) is 85.4 cm³/mol. The molecule has 2 atom stereocenters. The van der Waals surface area contributed by atoms with E-state index in [9.17, 15) is 9.90 Å². The highest BCUT2D eigenvalue weighted by atomic mass is 35.5. The summed E-state index contributed by atoms with van der Waals surface area (Å²) in [6, 6.07) is 6.85. The van der Waals surface area contributed by atoms with Gasteiger partial charge in [0.2, 0.25) is 0 Å². The standard InChI is InChI=1S/C14H21ClN2O2S/c1-10(8-20-3)17-13(18)16-9-14(2,19)11-6-4-5-7-12(11)15/h4-7,10,19H,8-9H2,1-3H3,(H2,16,17,18)/t10-,14+/m0/s1. The first-order valence-electron chi connectivity index (χ1n) is 6.37. The Morgan fingerprint density at radius 2 is 2.15 bits per heavy atom. The highest BCUT2D eigenvalue weighted by molar-refractivity contribution is 7.98. The van der Waals surface area contributed by atoms with Gasteiger partial charge in [-0.3, -0.25) is 0 Å². The summed E-state index contributed by atoms with van der Waals surface area (Å²) in [5, 5.41) is 16.4. The first kappa shape index (κ1) is 17.1. The molecular formula is C14H21ClN2O2S. The fourth-order valence-corrected chi connectivity index (χ4v) is 2.73. The molecule has 0 aliphatic rings. The highest BCUT2D eigenvalue weighted by Gasteiger charge is 2.26. The first-order valence-corrected chi connectivity index (χ1v) is 8.14. The quantitative estimate of drug-likeness (QED) is 0.756. The molecule has 0 spiro atoms. The van der Waals surface area contributed by atoms with Crippen molar-refractivity contribution in [2.75, 3.05) is 18.6 Å². The maximum Gasteiger partial charge on any atom is 0.315 e. The van der Waals surface area contributed by atoms with Crippen LogP contribution in [0.2, 0.25) is 5.02 Å². The summed E-state index contributed by atoms with van der Waals surface area (Å²) in [5.41, 5.74) is -0.613. The van der Waals surface area contributed by atoms with E-state index in [-0.39, 0.29) is 18.6 Å². The third-order valence-electron chi connectivity index (χ3n) is 2.84. The summed E-state index contributed by atoms with van der Waals surface area (Å²) in [4.78, 5) is 11.7. The number of carbonyl (C=O) groups is 1. The Hall–Kier alpha value is -0.910. The van der Waals surface area contributed by atoms with Gasteiger partial charge in [-0.15, -0.1) is 0 Å². The zero-order valence-corrected chi connectivity index (χ0v) is 13.5. The molecule has 0 heterocycles. The number of amides is 2. The zero-order chi connectivity index (χ0) is 15.2. The predicted octanol–water partition coefficient (Wildman–Crippen LogP) is 2.60. The van der Waals surface area contributed by atoms with Gasteiger partial charge in [-0.05, 0) is 26.2 Å². The molecule has 0 aromatic heterocycles. The van der Waals surface area contributed by atoms with Crippen LogP contribution in [-0.2, 0) is 5.60 Å². The van der Waals surface area contributed by atoms with Gasteiger partial charge in [-0.25, -0.2) is 4.79 Å². The van der Waals surface area contributed by atoms with Gasteiger partial charge in [0.1, 0.15) is 5.60 Å². The van der Waals surface area contributed by atoms with E-state index >= 15 is 0 Å². The van der Waals surface area contributed by atoms with E-state index < -0.39 is 5.60 Å². The Kier molecular flexibility index (Phi) is 6.65. The minimum atomic E-state index is -1.21. The first-order chi connectivity index (χ1) is 9.36. The lowest BCUT2D eigenvalue weighted by atomic mass is 9.96. The molecule has 6 heteroatoms. The number of hydrogen-bond donors (Lipinski definition) is 3. The van der Waals surface area contributed by atoms with E-state index in [1.54, 1.807) is 43.0 Å². The third-order valence-corrected chi connectivity index (χ3v) is 4.00. The molecule has 0 bridgehead atoms. The van der Waals surface area contributed by atoms with Crippen molar-refractivity contribution in [3.05, 3.63) is 34.9 Å². The molecule has 20 heavy (non-hydrogen) atoms. The van der Waals surface area contributed by atoms with Crippen LogP contribution in [-0.4, -0.2) is 35.7 Å². The highest BCUT2D eigenvalue weighted by Crippen LogP contribution is 2.27. The number of aliphatic hydroxyl groups is 1. The third kappa shape index (κ3) is 5.23. The van der Waals surface area contributed by atoms with Gasteiger partial charge in [0.05, 0.1) is 6.54 Å². The summed E-state index contributed by atoms with van der Waals surface area (Å²) in [6.07, 6.45) is 1.98. The van der Waals surface area contributed by atoms with Gasteiger partial charge in [-0.1, -0.05) is 29.8 Å². The number of halogens is 1. The lowest BCUT2D eigenvalue weighted by Crippen LogP contribution is -2.46. The number of benzene rings is 1. The summed E-state index contributed by atoms with van der Waals surface area (Å²) in [5.74, 6) is 0.842. The molecule has 2 amide bonds. The van der Waals surface area contributed by atoms with Crippen LogP contribution in [0.4, 0.5) is 4.79 Å². The van der Waals surface area contributed by atoms with Crippen LogP contribution in [0.3, 0.4) is 0 Å². The van der Waals surface area contributed by atoms with Crippen molar-refractivity contribution in [2.45, 2.75) is 25.5 Å². The summed E-state index contributed by atoms with van der Waals surface area (Å²) < 4.78 is 0. The summed E-state index contributed by atoms with van der Waals surface area (Å²) >= 11 is 7.72. The normalized spacial score (nSPS) is 15.2. The maximum atomic E-state index is 11.7. The molecule has 4 nitrogen and oxygen atoms in total. The van der Waals surface area contributed by atoms with Crippen molar-refractivity contribution in [3.8, 4) is 0 Å². The van der Waals surface area contributed by atoms with Crippen LogP contribution in [0.25, 0.3) is 0 Å². The molecule has 112 valence electrons. The molecule has 1 aromatic carbocycles. The van der Waals surface area contributed by atoms with E-state index in [1.165, 1.54) is 0 Å². The number of urea groups is 1. The molecule has 0 saturated carbocycles. The van der Waals surface area contributed by atoms with Crippen LogP contribution in [0.1, 0.15) is 19.4 Å². The number of carbonyl (C=O) groups excluding carboxylic acids is 1. The van der Waals surface area contributed by atoms with Crippen LogP contribution < -0.4 is 10.6 Å². The van der Waals surface area contributed by atoms with Crippen LogP contribution >= 0.6 is 23.4 Å². The Morgan fingerprint density at radius 1 is 1.50 bits per heavy atom. The maximum absolute atomic E-state index is 11.7. The van der Waals surface area contributed by atoms with Crippen molar-refractivity contribution < 1.29 is 9.90 Å². The van der Waals surface area contributed by atoms with Gasteiger partial charge in [-0.2, -0.15) is 11.8 Å². The van der Waals surface area contributed by atoms with Crippen molar-refractivity contribution in [2.24, 2.45) is 0 Å². The van der Waals surface area contributed by atoms with Crippen LogP contribution in [0, 0.1) is 0 Å². The topological polar surface area (TPSA) is 61.4 Å². The minimum absolute atomic E-state index is 0.0789. The van der Waals surface area contributed by atoms with E-state index in [0.29, 0.717) is 10.6 Å². The molecular weight excluding hydrogens is 296 g/mol. The molecule has 3 N–H and O–H groups in total. The van der Waals surface area contributed by atoms with Crippen LogP contribution in [0.15, 0.2) is 24.3 Å². The SMILES string of the molecule is CSC[C@H](C)NC(=O)NC[C@@](C)(O)c1ccccc1Cl. The van der Waals surface area contributed by atoms with Gasteiger partial charge >= 0.3 is 6.03 Å². The Bertz CT molecular complexity index is 455. The molecule has 0 saturated heterocycles. The van der Waals surface area contributed by atoms with Crippen LogP contribution in [0.5, 0.6) is 0 Å². The van der Waals surface area contributed by atoms with Gasteiger partial charge in [0.25, 0.3) is 0 Å². The number of hydrogen-bond acceptors (Lipinski definition) is 3. The Morgan fingerprint density at radius 3 is 2.75 bits per heavy atom. The lowest BCUT2D eigenvalue weighted by Gasteiger charge is -2.25. The van der Waals surface area contributed by atoms with Gasteiger partial charge < -0.3 is 15.7 Å².